The highest BCUT2D eigenvalue weighted by Crippen LogP contribution is 2.40. The normalized spacial score (nSPS) is 20.0. The minimum atomic E-state index is -1.23. The molecule has 0 spiro atoms. The minimum absolute atomic E-state index is 0.106. The minimum Gasteiger partial charge on any atom is -0.477 e. The summed E-state index contributed by atoms with van der Waals surface area (Å²) in [6.07, 6.45) is 4.88. The van der Waals surface area contributed by atoms with Crippen molar-refractivity contribution >= 4 is 57.2 Å². The van der Waals surface area contributed by atoms with Gasteiger partial charge in [0.15, 0.2) is 23.7 Å². The number of carboxylic acid groups (broad SMARTS) is 1. The number of oxime groups is 1. The van der Waals surface area contributed by atoms with Crippen LogP contribution in [0.2, 0.25) is 0 Å². The fourth-order valence-electron chi connectivity index (χ4n) is 3.81. The first-order valence-electron chi connectivity index (χ1n) is 10.1. The van der Waals surface area contributed by atoms with E-state index in [-0.39, 0.29) is 28.8 Å². The van der Waals surface area contributed by atoms with Crippen molar-refractivity contribution in [2.24, 2.45) is 5.16 Å². The molecular formula is C19H18N9O5S2+. The first-order valence-corrected chi connectivity index (χ1v) is 12.0. The zero-order valence-corrected chi connectivity index (χ0v) is 19.7. The number of thiazole rings is 1. The van der Waals surface area contributed by atoms with Crippen LogP contribution in [-0.2, 0) is 25.8 Å². The van der Waals surface area contributed by atoms with Gasteiger partial charge in [-0.1, -0.05) is 9.84 Å². The molecule has 180 valence electrons. The Morgan fingerprint density at radius 2 is 2.29 bits per heavy atom. The van der Waals surface area contributed by atoms with Gasteiger partial charge in [0.25, 0.3) is 11.8 Å². The second-order valence-corrected chi connectivity index (χ2v) is 9.46. The van der Waals surface area contributed by atoms with Crippen LogP contribution in [0.4, 0.5) is 5.13 Å². The fraction of sp³-hybridized carbons (Fsp3) is 0.263. The lowest BCUT2D eigenvalue weighted by Gasteiger charge is -2.49. The van der Waals surface area contributed by atoms with Crippen LogP contribution in [0.3, 0.4) is 0 Å². The van der Waals surface area contributed by atoms with Gasteiger partial charge in [0.2, 0.25) is 6.20 Å². The molecule has 3 aromatic rings. The molecule has 4 N–H and O–H groups in total. The van der Waals surface area contributed by atoms with E-state index in [1.807, 2.05) is 0 Å². The van der Waals surface area contributed by atoms with Gasteiger partial charge in [-0.05, 0) is 6.07 Å². The van der Waals surface area contributed by atoms with Crippen molar-refractivity contribution < 1.29 is 29.0 Å². The van der Waals surface area contributed by atoms with Crippen LogP contribution in [-0.4, -0.2) is 77.5 Å². The lowest BCUT2D eigenvalue weighted by Crippen LogP contribution is -2.71. The molecule has 1 fully saturated rings. The lowest BCUT2D eigenvalue weighted by molar-refractivity contribution is -0.746. The Morgan fingerprint density at radius 1 is 1.46 bits per heavy atom. The molecule has 2 aliphatic rings. The van der Waals surface area contributed by atoms with Gasteiger partial charge in [0.1, 0.15) is 35.4 Å². The summed E-state index contributed by atoms with van der Waals surface area (Å²) in [6, 6.07) is 0.860. The van der Waals surface area contributed by atoms with Gasteiger partial charge < -0.3 is 21.0 Å². The molecule has 2 atom stereocenters. The van der Waals surface area contributed by atoms with E-state index in [9.17, 15) is 19.5 Å². The number of nitrogen functional groups attached to an aromatic ring is 1. The smallest absolute Gasteiger partial charge is 0.352 e. The van der Waals surface area contributed by atoms with Gasteiger partial charge in [-0.15, -0.1) is 23.1 Å². The van der Waals surface area contributed by atoms with Crippen molar-refractivity contribution in [1.29, 1.82) is 0 Å². The molecule has 1 saturated heterocycles. The molecule has 2 amide bonds. The molecular weight excluding hydrogens is 498 g/mol. The number of nitrogens with zero attached hydrogens (tertiary/aromatic N) is 7. The predicted octanol–water partition coefficient (Wildman–Crippen LogP) is -1.16. The third-order valence-corrected chi connectivity index (χ3v) is 7.36. The number of aromatic nitrogens is 5. The number of carboxylic acids is 1. The highest BCUT2D eigenvalue weighted by molar-refractivity contribution is 8.00. The molecule has 2 unspecified atom stereocenters. The summed E-state index contributed by atoms with van der Waals surface area (Å²) in [4.78, 5) is 47.9. The molecule has 5 rings (SSSR count). The van der Waals surface area contributed by atoms with Crippen molar-refractivity contribution in [1.82, 2.24) is 29.9 Å². The van der Waals surface area contributed by atoms with E-state index in [0.717, 1.165) is 16.9 Å². The van der Waals surface area contributed by atoms with Gasteiger partial charge >= 0.3 is 5.97 Å². The second kappa shape index (κ2) is 8.95. The van der Waals surface area contributed by atoms with E-state index in [0.29, 0.717) is 11.3 Å². The summed E-state index contributed by atoms with van der Waals surface area (Å²) in [5, 5.41) is 25.8. The van der Waals surface area contributed by atoms with Crippen LogP contribution in [0.25, 0.3) is 5.52 Å². The number of nitrogens with one attached hydrogen (secondary N) is 1. The monoisotopic (exact) mass is 516 g/mol. The van der Waals surface area contributed by atoms with Crippen molar-refractivity contribution in [3.63, 3.8) is 0 Å². The fourth-order valence-corrected chi connectivity index (χ4v) is 5.70. The quantitative estimate of drug-likeness (QED) is 0.150. The summed E-state index contributed by atoms with van der Waals surface area (Å²) in [6.45, 7) is 0.180. The van der Waals surface area contributed by atoms with E-state index in [2.05, 4.69) is 25.7 Å². The second-order valence-electron chi connectivity index (χ2n) is 7.47. The molecule has 2 aliphatic heterocycles. The van der Waals surface area contributed by atoms with Crippen LogP contribution in [0.1, 0.15) is 5.69 Å². The standard InChI is InChI=1S/C19H17N9O5S2/c1-33-25-12(11-7-35-19(20)23-11)15(29)24-13-16(30)28-14(18(31)32)9(6-34-17(13)28)4-26-5-10-2-3-21-27(10)8-22-26/h2-3,5,7-8,13,17H,4,6H2,1H3,(H3-,20,23,24,29,31,32)/p+1/b25-12-. The SMILES string of the molecule is CO/N=C(\C(=O)NC1C(=O)N2C(C(=O)O)=C(C[n+]3cc4ccnn4cn3)CSC12)c1csc(N)n1. The number of carbonyl (C=O) groups is 3. The first-order chi connectivity index (χ1) is 16.9. The van der Waals surface area contributed by atoms with E-state index in [4.69, 9.17) is 10.6 Å². The Hall–Kier alpha value is -4.05. The lowest BCUT2D eigenvalue weighted by atomic mass is 10.0. The highest BCUT2D eigenvalue weighted by Gasteiger charge is 2.55. The van der Waals surface area contributed by atoms with Gasteiger partial charge in [0.05, 0.1) is 6.20 Å². The maximum atomic E-state index is 13.0. The van der Waals surface area contributed by atoms with E-state index in [1.165, 1.54) is 30.1 Å². The maximum Gasteiger partial charge on any atom is 0.352 e. The van der Waals surface area contributed by atoms with Gasteiger partial charge in [0, 0.05) is 21.8 Å². The number of nitrogens with two attached hydrogens (primary N) is 1. The summed E-state index contributed by atoms with van der Waals surface area (Å²) < 4.78 is 3.18. The van der Waals surface area contributed by atoms with E-state index in [1.54, 1.807) is 33.0 Å². The number of thioether (sulfide) groups is 1. The first kappa shape index (κ1) is 22.7. The van der Waals surface area contributed by atoms with Gasteiger partial charge in [-0.2, -0.15) is 5.10 Å². The number of rotatable bonds is 7. The topological polar surface area (TPSA) is 181 Å². The van der Waals surface area contributed by atoms with E-state index < -0.39 is 29.2 Å². The largest absolute Gasteiger partial charge is 0.477 e. The number of amides is 2. The number of fused-ring (bicyclic) bond motifs is 2. The summed E-state index contributed by atoms with van der Waals surface area (Å²) >= 11 is 2.48. The molecule has 3 aromatic heterocycles. The Kier molecular flexibility index (Phi) is 5.81. The molecule has 0 saturated carbocycles. The zero-order valence-electron chi connectivity index (χ0n) is 18.1. The number of hydrogen-bond acceptors (Lipinski definition) is 11. The summed E-state index contributed by atoms with van der Waals surface area (Å²) in [7, 11) is 1.28. The van der Waals surface area contributed by atoms with Crippen molar-refractivity contribution in [2.45, 2.75) is 18.0 Å². The number of β-lactam (4-membered cyclic amide) rings is 1. The summed E-state index contributed by atoms with van der Waals surface area (Å²) in [5.74, 6) is -2.11. The maximum absolute atomic E-state index is 13.0. The number of carbonyl (C=O) groups excluding carboxylic acids is 2. The van der Waals surface area contributed by atoms with Crippen LogP contribution < -0.4 is 15.7 Å². The van der Waals surface area contributed by atoms with Crippen LogP contribution in [0, 0.1) is 0 Å². The van der Waals surface area contributed by atoms with Gasteiger partial charge in [-0.3, -0.25) is 14.5 Å². The van der Waals surface area contributed by atoms with Crippen LogP contribution in [0.15, 0.2) is 46.6 Å². The van der Waals surface area contributed by atoms with Crippen molar-refractivity contribution in [3.8, 4) is 0 Å². The van der Waals surface area contributed by atoms with E-state index >= 15 is 0 Å². The average molecular weight is 517 g/mol. The third-order valence-electron chi connectivity index (χ3n) is 5.34. The zero-order chi connectivity index (χ0) is 24.7. The predicted molar refractivity (Wildman–Crippen MR) is 123 cm³/mol. The Bertz CT molecular complexity index is 1410. The Balaban J connectivity index is 1.36. The average Bonchev–Trinajstić information content (AvgIpc) is 3.48. The third kappa shape index (κ3) is 4.06. The molecule has 0 aliphatic carbocycles. The molecule has 14 nitrogen and oxygen atoms in total. The van der Waals surface area contributed by atoms with Crippen LogP contribution in [0.5, 0.6) is 0 Å². The van der Waals surface area contributed by atoms with Crippen molar-refractivity contribution in [2.75, 3.05) is 18.6 Å². The van der Waals surface area contributed by atoms with Gasteiger partial charge in [-0.25, -0.2) is 14.3 Å². The molecule has 16 heteroatoms. The van der Waals surface area contributed by atoms with Crippen LogP contribution >= 0.6 is 23.1 Å². The Morgan fingerprint density at radius 3 is 3.00 bits per heavy atom. The number of hydrogen-bond donors (Lipinski definition) is 3. The molecule has 35 heavy (non-hydrogen) atoms. The Labute approximate surface area is 205 Å². The highest BCUT2D eigenvalue weighted by atomic mass is 32.2. The van der Waals surface area contributed by atoms with Crippen molar-refractivity contribution in [3.05, 3.63) is 47.1 Å². The number of anilines is 1. The summed E-state index contributed by atoms with van der Waals surface area (Å²) in [5.41, 5.74) is 6.92. The molecule has 0 aromatic carbocycles. The molecule has 5 heterocycles. The molecule has 0 bridgehead atoms. The number of aliphatic carboxylic acids is 1. The molecule has 0 radical (unpaired) electrons.